The quantitative estimate of drug-likeness (QED) is 0.855. The lowest BCUT2D eigenvalue weighted by Gasteiger charge is -2.08. The van der Waals surface area contributed by atoms with Crippen molar-refractivity contribution in [1.29, 1.82) is 0 Å². The molecule has 0 bridgehead atoms. The lowest BCUT2D eigenvalue weighted by Crippen LogP contribution is -2.14. The van der Waals surface area contributed by atoms with Gasteiger partial charge in [0.1, 0.15) is 5.25 Å². The Morgan fingerprint density at radius 3 is 2.41 bits per heavy atom. The van der Waals surface area contributed by atoms with E-state index < -0.39 is 15.1 Å². The van der Waals surface area contributed by atoms with Crippen molar-refractivity contribution >= 4 is 9.84 Å². The maximum Gasteiger partial charge on any atom is 0.243 e. The van der Waals surface area contributed by atoms with Crippen LogP contribution in [0.1, 0.15) is 50.2 Å². The summed E-state index contributed by atoms with van der Waals surface area (Å²) in [6.45, 7) is 5.60. The third kappa shape index (κ3) is 3.78. The van der Waals surface area contributed by atoms with Crippen molar-refractivity contribution < 1.29 is 12.9 Å². The maximum atomic E-state index is 11.3. The topological polar surface area (TPSA) is 99.1 Å². The fourth-order valence-corrected chi connectivity index (χ4v) is 1.84. The Kier molecular flexibility index (Phi) is 4.26. The molecule has 2 N–H and O–H groups in total. The average molecular weight is 261 g/mol. The standard InChI is InChI=1S/C10H19N3O3S/c1-6(2)5-8(11)10-12-9(13-16-10)7(3)17(4,14)15/h6-8H,5,11H2,1-4H3/t7?,8-/m1/s1. The van der Waals surface area contributed by atoms with Crippen LogP contribution < -0.4 is 5.73 Å². The zero-order chi connectivity index (χ0) is 13.2. The number of rotatable bonds is 5. The fraction of sp³-hybridized carbons (Fsp3) is 0.800. The molecule has 1 unspecified atom stereocenters. The van der Waals surface area contributed by atoms with E-state index in [9.17, 15) is 8.42 Å². The molecule has 2 atom stereocenters. The van der Waals surface area contributed by atoms with Gasteiger partial charge in [-0.2, -0.15) is 4.98 Å². The Morgan fingerprint density at radius 2 is 1.94 bits per heavy atom. The zero-order valence-electron chi connectivity index (χ0n) is 10.5. The van der Waals surface area contributed by atoms with Crippen molar-refractivity contribution in [2.75, 3.05) is 6.26 Å². The highest BCUT2D eigenvalue weighted by Gasteiger charge is 2.24. The second-order valence-electron chi connectivity index (χ2n) is 4.70. The summed E-state index contributed by atoms with van der Waals surface area (Å²) < 4.78 is 27.7. The summed E-state index contributed by atoms with van der Waals surface area (Å²) in [7, 11) is -3.22. The number of nitrogens with zero attached hydrogens (tertiary/aromatic N) is 2. The molecule has 6 nitrogen and oxygen atoms in total. The van der Waals surface area contributed by atoms with Gasteiger partial charge in [-0.3, -0.25) is 0 Å². The van der Waals surface area contributed by atoms with Crippen LogP contribution in [0.2, 0.25) is 0 Å². The number of aromatic nitrogens is 2. The second-order valence-corrected chi connectivity index (χ2v) is 7.06. The molecule has 0 spiro atoms. The summed E-state index contributed by atoms with van der Waals surface area (Å²) in [6, 6.07) is -0.344. The second kappa shape index (κ2) is 5.14. The molecule has 98 valence electrons. The molecule has 1 aromatic heterocycles. The van der Waals surface area contributed by atoms with E-state index in [0.29, 0.717) is 11.8 Å². The smallest absolute Gasteiger partial charge is 0.243 e. The lowest BCUT2D eigenvalue weighted by atomic mass is 10.0. The van der Waals surface area contributed by atoms with E-state index in [0.717, 1.165) is 12.7 Å². The van der Waals surface area contributed by atoms with Crippen LogP contribution in [0.5, 0.6) is 0 Å². The minimum atomic E-state index is -3.22. The Labute approximate surface area is 102 Å². The highest BCUT2D eigenvalue weighted by Crippen LogP contribution is 2.21. The first-order valence-corrected chi connectivity index (χ1v) is 7.45. The molecule has 0 fully saturated rings. The number of sulfone groups is 1. The van der Waals surface area contributed by atoms with Gasteiger partial charge in [0.25, 0.3) is 0 Å². The SMILES string of the molecule is CC(C)C[C@@H](N)c1nc(C(C)S(C)(=O)=O)no1. The Balaban J connectivity index is 2.85. The van der Waals surface area contributed by atoms with Crippen molar-refractivity contribution in [2.24, 2.45) is 11.7 Å². The Morgan fingerprint density at radius 1 is 1.35 bits per heavy atom. The van der Waals surface area contributed by atoms with Gasteiger partial charge >= 0.3 is 0 Å². The molecule has 0 aromatic carbocycles. The van der Waals surface area contributed by atoms with E-state index in [4.69, 9.17) is 10.3 Å². The van der Waals surface area contributed by atoms with Gasteiger partial charge in [-0.1, -0.05) is 19.0 Å². The van der Waals surface area contributed by atoms with Crippen LogP contribution in [0.25, 0.3) is 0 Å². The molecule has 1 heterocycles. The Bertz CT molecular complexity index is 467. The average Bonchev–Trinajstić information content (AvgIpc) is 2.62. The molecule has 0 aliphatic heterocycles. The monoisotopic (exact) mass is 261 g/mol. The van der Waals surface area contributed by atoms with Crippen LogP contribution in [0, 0.1) is 5.92 Å². The van der Waals surface area contributed by atoms with Crippen LogP contribution in [0.3, 0.4) is 0 Å². The highest BCUT2D eigenvalue weighted by molar-refractivity contribution is 7.90. The van der Waals surface area contributed by atoms with E-state index in [-0.39, 0.29) is 11.9 Å². The molecule has 7 heteroatoms. The largest absolute Gasteiger partial charge is 0.338 e. The van der Waals surface area contributed by atoms with Crippen LogP contribution in [0.15, 0.2) is 4.52 Å². The predicted octanol–water partition coefficient (Wildman–Crippen LogP) is 1.22. The normalized spacial score (nSPS) is 16.1. The summed E-state index contributed by atoms with van der Waals surface area (Å²) in [5.41, 5.74) is 5.87. The molecule has 0 amide bonds. The van der Waals surface area contributed by atoms with Crippen LogP contribution in [-0.2, 0) is 9.84 Å². The molecule has 1 rings (SSSR count). The first-order valence-electron chi connectivity index (χ1n) is 5.49. The summed E-state index contributed by atoms with van der Waals surface area (Å²) in [4.78, 5) is 4.05. The summed E-state index contributed by atoms with van der Waals surface area (Å²) >= 11 is 0. The summed E-state index contributed by atoms with van der Waals surface area (Å²) in [5, 5.41) is 2.89. The van der Waals surface area contributed by atoms with Crippen LogP contribution in [0.4, 0.5) is 0 Å². The van der Waals surface area contributed by atoms with E-state index in [1.807, 2.05) is 13.8 Å². The van der Waals surface area contributed by atoms with Gasteiger partial charge in [0, 0.05) is 6.26 Å². The Hall–Kier alpha value is -0.950. The van der Waals surface area contributed by atoms with Crippen molar-refractivity contribution in [3.05, 3.63) is 11.7 Å². The lowest BCUT2D eigenvalue weighted by molar-refractivity contribution is 0.332. The highest BCUT2D eigenvalue weighted by atomic mass is 32.2. The van der Waals surface area contributed by atoms with E-state index in [1.165, 1.54) is 6.92 Å². The molecule has 1 aromatic rings. The van der Waals surface area contributed by atoms with Gasteiger partial charge in [0.15, 0.2) is 15.7 Å². The van der Waals surface area contributed by atoms with Crippen LogP contribution in [-0.4, -0.2) is 24.8 Å². The molecule has 0 saturated heterocycles. The van der Waals surface area contributed by atoms with Gasteiger partial charge in [0.05, 0.1) is 6.04 Å². The molecular weight excluding hydrogens is 242 g/mol. The molecule has 0 radical (unpaired) electrons. The van der Waals surface area contributed by atoms with Crippen molar-refractivity contribution in [2.45, 2.75) is 38.5 Å². The summed E-state index contributed by atoms with van der Waals surface area (Å²) in [6.07, 6.45) is 1.86. The minimum Gasteiger partial charge on any atom is -0.338 e. The van der Waals surface area contributed by atoms with Gasteiger partial charge in [-0.05, 0) is 19.3 Å². The fourth-order valence-electron chi connectivity index (χ4n) is 1.36. The van der Waals surface area contributed by atoms with Gasteiger partial charge in [-0.15, -0.1) is 0 Å². The summed E-state index contributed by atoms with van der Waals surface area (Å²) in [5.74, 6) is 0.874. The number of hydrogen-bond acceptors (Lipinski definition) is 6. The molecular formula is C10H19N3O3S. The van der Waals surface area contributed by atoms with Gasteiger partial charge in [0.2, 0.25) is 5.89 Å². The molecule has 17 heavy (non-hydrogen) atoms. The molecule has 0 saturated carbocycles. The predicted molar refractivity (Wildman–Crippen MR) is 63.9 cm³/mol. The molecule has 0 aliphatic carbocycles. The first kappa shape index (κ1) is 14.1. The number of nitrogens with two attached hydrogens (primary N) is 1. The zero-order valence-corrected chi connectivity index (χ0v) is 11.4. The van der Waals surface area contributed by atoms with Crippen molar-refractivity contribution in [3.8, 4) is 0 Å². The van der Waals surface area contributed by atoms with Crippen molar-refractivity contribution in [3.63, 3.8) is 0 Å². The third-order valence-electron chi connectivity index (χ3n) is 2.51. The van der Waals surface area contributed by atoms with E-state index >= 15 is 0 Å². The first-order chi connectivity index (χ1) is 7.71. The maximum absolute atomic E-state index is 11.3. The minimum absolute atomic E-state index is 0.168. The van der Waals surface area contributed by atoms with Gasteiger partial charge < -0.3 is 10.3 Å². The van der Waals surface area contributed by atoms with Gasteiger partial charge in [-0.25, -0.2) is 8.42 Å². The third-order valence-corrected chi connectivity index (χ3v) is 4.00. The van der Waals surface area contributed by atoms with E-state index in [2.05, 4.69) is 10.1 Å². The molecule has 0 aliphatic rings. The van der Waals surface area contributed by atoms with E-state index in [1.54, 1.807) is 0 Å². The number of hydrogen-bond donors (Lipinski definition) is 1. The van der Waals surface area contributed by atoms with Crippen LogP contribution >= 0.6 is 0 Å². The van der Waals surface area contributed by atoms with Crippen molar-refractivity contribution in [1.82, 2.24) is 10.1 Å².